The van der Waals surface area contributed by atoms with Crippen LogP contribution in [0.2, 0.25) is 0 Å². The van der Waals surface area contributed by atoms with Gasteiger partial charge in [-0.3, -0.25) is 14.5 Å². The van der Waals surface area contributed by atoms with Crippen LogP contribution in [0.25, 0.3) is 0 Å². The molecule has 6 nitrogen and oxygen atoms in total. The van der Waals surface area contributed by atoms with E-state index in [1.54, 1.807) is 7.05 Å². The van der Waals surface area contributed by atoms with E-state index in [-0.39, 0.29) is 23.5 Å². The van der Waals surface area contributed by atoms with Gasteiger partial charge in [0.15, 0.2) is 0 Å². The molecule has 3 fully saturated rings. The van der Waals surface area contributed by atoms with Crippen molar-refractivity contribution in [2.75, 3.05) is 39.8 Å². The SMILES string of the molecule is CNC(=O)[C@@H]1COC2(CN(C(=O)CC3=CCCCC3)C2)CN1CC1CC1. The van der Waals surface area contributed by atoms with Gasteiger partial charge in [-0.15, -0.1) is 0 Å². The van der Waals surface area contributed by atoms with E-state index in [1.807, 2.05) is 4.90 Å². The fourth-order valence-corrected chi connectivity index (χ4v) is 4.51. The molecule has 1 spiro atoms. The van der Waals surface area contributed by atoms with Gasteiger partial charge in [-0.05, 0) is 44.4 Å². The highest BCUT2D eigenvalue weighted by molar-refractivity contribution is 5.82. The van der Waals surface area contributed by atoms with E-state index < -0.39 is 0 Å². The van der Waals surface area contributed by atoms with Crippen molar-refractivity contribution in [3.05, 3.63) is 11.6 Å². The molecule has 2 aliphatic heterocycles. The Bertz CT molecular complexity index is 593. The van der Waals surface area contributed by atoms with Crippen LogP contribution < -0.4 is 5.32 Å². The Morgan fingerprint density at radius 3 is 2.73 bits per heavy atom. The van der Waals surface area contributed by atoms with Crippen LogP contribution in [0.3, 0.4) is 0 Å². The lowest BCUT2D eigenvalue weighted by Gasteiger charge is -2.55. The molecule has 0 unspecified atom stereocenters. The first-order valence-electron chi connectivity index (χ1n) is 10.1. The molecule has 1 atom stereocenters. The van der Waals surface area contributed by atoms with Crippen molar-refractivity contribution >= 4 is 11.8 Å². The number of rotatable bonds is 5. The molecule has 2 saturated heterocycles. The van der Waals surface area contributed by atoms with Gasteiger partial charge >= 0.3 is 0 Å². The van der Waals surface area contributed by atoms with E-state index >= 15 is 0 Å². The number of carbonyl (C=O) groups excluding carboxylic acids is 2. The zero-order chi connectivity index (χ0) is 18.1. The molecule has 1 saturated carbocycles. The van der Waals surface area contributed by atoms with Crippen LogP contribution in [-0.4, -0.2) is 73.1 Å². The number of likely N-dealkylation sites (N-methyl/N-ethyl adjacent to an activating group) is 1. The van der Waals surface area contributed by atoms with Crippen LogP contribution in [0, 0.1) is 5.92 Å². The van der Waals surface area contributed by atoms with Crippen molar-refractivity contribution < 1.29 is 14.3 Å². The fourth-order valence-electron chi connectivity index (χ4n) is 4.51. The number of morpholine rings is 1. The van der Waals surface area contributed by atoms with E-state index in [2.05, 4.69) is 16.3 Å². The van der Waals surface area contributed by atoms with Gasteiger partial charge in [-0.25, -0.2) is 0 Å². The first kappa shape index (κ1) is 18.0. The summed E-state index contributed by atoms with van der Waals surface area (Å²) in [6.45, 7) is 3.50. The van der Waals surface area contributed by atoms with Gasteiger partial charge in [0.1, 0.15) is 11.6 Å². The fraction of sp³-hybridized carbons (Fsp3) is 0.800. The summed E-state index contributed by atoms with van der Waals surface area (Å²) in [6, 6.07) is -0.191. The van der Waals surface area contributed by atoms with Gasteiger partial charge < -0.3 is 15.0 Å². The van der Waals surface area contributed by atoms with E-state index in [1.165, 1.54) is 31.3 Å². The average molecular weight is 361 g/mol. The second-order valence-corrected chi connectivity index (χ2v) is 8.53. The van der Waals surface area contributed by atoms with E-state index in [9.17, 15) is 9.59 Å². The van der Waals surface area contributed by atoms with Gasteiger partial charge in [0.2, 0.25) is 11.8 Å². The van der Waals surface area contributed by atoms with E-state index in [0.29, 0.717) is 26.1 Å². The molecule has 4 aliphatic rings. The maximum absolute atomic E-state index is 12.6. The summed E-state index contributed by atoms with van der Waals surface area (Å²) in [4.78, 5) is 29.0. The number of hydrogen-bond donors (Lipinski definition) is 1. The normalized spacial score (nSPS) is 28.4. The summed E-state index contributed by atoms with van der Waals surface area (Å²) in [7, 11) is 1.69. The van der Waals surface area contributed by atoms with Gasteiger partial charge in [0, 0.05) is 26.6 Å². The third kappa shape index (κ3) is 3.81. The van der Waals surface area contributed by atoms with Crippen LogP contribution in [0.15, 0.2) is 11.6 Å². The number of likely N-dealkylation sites (tertiary alicyclic amines) is 1. The Kier molecular flexibility index (Phi) is 5.06. The molecule has 4 rings (SSSR count). The lowest BCUT2D eigenvalue weighted by Crippen LogP contribution is -2.73. The summed E-state index contributed by atoms with van der Waals surface area (Å²) in [5.41, 5.74) is 1.04. The molecule has 0 aromatic heterocycles. The minimum absolute atomic E-state index is 0.0389. The average Bonchev–Trinajstić information content (AvgIpc) is 3.43. The molecule has 0 bridgehead atoms. The number of nitrogens with zero attached hydrogens (tertiary/aromatic N) is 2. The number of amides is 2. The molecular formula is C20H31N3O3. The number of nitrogens with one attached hydrogen (secondary N) is 1. The second-order valence-electron chi connectivity index (χ2n) is 8.53. The van der Waals surface area contributed by atoms with E-state index in [4.69, 9.17) is 4.74 Å². The third-order valence-corrected chi connectivity index (χ3v) is 6.29. The van der Waals surface area contributed by atoms with Gasteiger partial charge in [-0.2, -0.15) is 0 Å². The number of allylic oxidation sites excluding steroid dienone is 1. The zero-order valence-corrected chi connectivity index (χ0v) is 15.8. The maximum atomic E-state index is 12.6. The van der Waals surface area contributed by atoms with Crippen molar-refractivity contribution in [2.24, 2.45) is 5.92 Å². The quantitative estimate of drug-likeness (QED) is 0.750. The summed E-state index contributed by atoms with van der Waals surface area (Å²) < 4.78 is 6.13. The van der Waals surface area contributed by atoms with Crippen molar-refractivity contribution in [1.82, 2.24) is 15.1 Å². The molecule has 144 valence electrons. The monoisotopic (exact) mass is 361 g/mol. The molecule has 2 heterocycles. The Labute approximate surface area is 155 Å². The predicted octanol–water partition coefficient (Wildman–Crippen LogP) is 1.31. The number of ether oxygens (including phenoxy) is 1. The zero-order valence-electron chi connectivity index (χ0n) is 15.8. The minimum atomic E-state index is -0.268. The molecule has 0 aromatic rings. The molecule has 1 N–H and O–H groups in total. The van der Waals surface area contributed by atoms with Crippen molar-refractivity contribution in [3.63, 3.8) is 0 Å². The summed E-state index contributed by atoms with van der Waals surface area (Å²) in [5, 5.41) is 2.76. The molecule has 0 radical (unpaired) electrons. The Hall–Kier alpha value is -1.40. The van der Waals surface area contributed by atoms with E-state index in [0.717, 1.165) is 31.8 Å². The second kappa shape index (κ2) is 7.31. The largest absolute Gasteiger partial charge is 0.368 e. The Morgan fingerprint density at radius 2 is 2.08 bits per heavy atom. The summed E-state index contributed by atoms with van der Waals surface area (Å²) in [5.74, 6) is 1.000. The predicted molar refractivity (Wildman–Crippen MR) is 98.6 cm³/mol. The molecule has 2 amide bonds. The van der Waals surface area contributed by atoms with Gasteiger partial charge in [-0.1, -0.05) is 11.6 Å². The first-order valence-corrected chi connectivity index (χ1v) is 10.1. The van der Waals surface area contributed by atoms with Crippen LogP contribution in [0.1, 0.15) is 44.9 Å². The highest BCUT2D eigenvalue weighted by Gasteiger charge is 2.52. The molecule has 2 aliphatic carbocycles. The standard InChI is InChI=1S/C20H31N3O3/c1-21-19(25)17-11-26-20(12-22(17)10-16-7-8-16)13-23(14-20)18(24)9-15-5-3-2-4-6-15/h5,16-17H,2-4,6-14H2,1H3,(H,21,25)/t17-/m0/s1. The van der Waals surface area contributed by atoms with Gasteiger partial charge in [0.25, 0.3) is 0 Å². The molecule has 0 aromatic carbocycles. The third-order valence-electron chi connectivity index (χ3n) is 6.29. The minimum Gasteiger partial charge on any atom is -0.368 e. The molecule has 6 heteroatoms. The summed E-state index contributed by atoms with van der Waals surface area (Å²) in [6.07, 6.45) is 10.0. The number of carbonyl (C=O) groups is 2. The van der Waals surface area contributed by atoms with Crippen LogP contribution >= 0.6 is 0 Å². The smallest absolute Gasteiger partial charge is 0.239 e. The Balaban J connectivity index is 1.33. The van der Waals surface area contributed by atoms with Crippen molar-refractivity contribution in [1.29, 1.82) is 0 Å². The summed E-state index contributed by atoms with van der Waals surface area (Å²) >= 11 is 0. The number of hydrogen-bond acceptors (Lipinski definition) is 4. The topological polar surface area (TPSA) is 61.9 Å². The molecule has 26 heavy (non-hydrogen) atoms. The van der Waals surface area contributed by atoms with Crippen molar-refractivity contribution in [3.8, 4) is 0 Å². The highest BCUT2D eigenvalue weighted by atomic mass is 16.5. The Morgan fingerprint density at radius 1 is 1.27 bits per heavy atom. The van der Waals surface area contributed by atoms with Crippen LogP contribution in [0.5, 0.6) is 0 Å². The van der Waals surface area contributed by atoms with Gasteiger partial charge in [0.05, 0.1) is 19.7 Å². The van der Waals surface area contributed by atoms with Crippen LogP contribution in [-0.2, 0) is 14.3 Å². The lowest BCUT2D eigenvalue weighted by molar-refractivity contribution is -0.204. The van der Waals surface area contributed by atoms with Crippen LogP contribution in [0.4, 0.5) is 0 Å². The maximum Gasteiger partial charge on any atom is 0.239 e. The molecular weight excluding hydrogens is 330 g/mol. The first-order chi connectivity index (χ1) is 12.6. The van der Waals surface area contributed by atoms with Crippen molar-refractivity contribution in [2.45, 2.75) is 56.6 Å². The highest BCUT2D eigenvalue weighted by Crippen LogP contribution is 2.36. The lowest BCUT2D eigenvalue weighted by atomic mass is 9.88.